The van der Waals surface area contributed by atoms with E-state index in [-0.39, 0.29) is 11.8 Å². The molecule has 0 saturated carbocycles. The molecule has 1 aromatic carbocycles. The molecule has 0 radical (unpaired) electrons. The molecule has 2 aromatic rings. The highest BCUT2D eigenvalue weighted by atomic mass is 32.1. The van der Waals surface area contributed by atoms with Crippen molar-refractivity contribution >= 4 is 22.4 Å². The molecular formula is C17H23N3O3S. The van der Waals surface area contributed by atoms with Crippen molar-refractivity contribution in [3.63, 3.8) is 0 Å². The van der Waals surface area contributed by atoms with Gasteiger partial charge in [-0.25, -0.2) is 0 Å². The molecule has 130 valence electrons. The Balaban J connectivity index is 2.08. The van der Waals surface area contributed by atoms with Gasteiger partial charge in [0.1, 0.15) is 5.01 Å². The summed E-state index contributed by atoms with van der Waals surface area (Å²) >= 11 is 1.38. The second kappa shape index (κ2) is 8.63. The van der Waals surface area contributed by atoms with Crippen LogP contribution in [-0.4, -0.2) is 29.8 Å². The third-order valence-electron chi connectivity index (χ3n) is 3.34. The SMILES string of the molecule is CCCCOc1ccc(C(=O)Nc2nnc(C(C)C)s2)cc1OC. The molecule has 6 nitrogen and oxygen atoms in total. The second-order valence-electron chi connectivity index (χ2n) is 5.62. The fraction of sp³-hybridized carbons (Fsp3) is 0.471. The smallest absolute Gasteiger partial charge is 0.257 e. The number of rotatable bonds is 8. The van der Waals surface area contributed by atoms with Gasteiger partial charge < -0.3 is 9.47 Å². The van der Waals surface area contributed by atoms with E-state index in [4.69, 9.17) is 9.47 Å². The van der Waals surface area contributed by atoms with Crippen molar-refractivity contribution in [1.29, 1.82) is 0 Å². The van der Waals surface area contributed by atoms with Crippen LogP contribution < -0.4 is 14.8 Å². The Morgan fingerprint density at radius 2 is 2.08 bits per heavy atom. The molecule has 0 unspecified atom stereocenters. The minimum absolute atomic E-state index is 0.250. The first-order valence-electron chi connectivity index (χ1n) is 8.00. The fourth-order valence-corrected chi connectivity index (χ4v) is 2.68. The number of benzene rings is 1. The second-order valence-corrected chi connectivity index (χ2v) is 6.63. The molecule has 2 rings (SSSR count). The lowest BCUT2D eigenvalue weighted by Gasteiger charge is -2.11. The van der Waals surface area contributed by atoms with Crippen LogP contribution >= 0.6 is 11.3 Å². The molecule has 1 heterocycles. The summed E-state index contributed by atoms with van der Waals surface area (Å²) < 4.78 is 11.0. The quantitative estimate of drug-likeness (QED) is 0.726. The highest BCUT2D eigenvalue weighted by Gasteiger charge is 2.14. The van der Waals surface area contributed by atoms with E-state index >= 15 is 0 Å². The number of aromatic nitrogens is 2. The summed E-state index contributed by atoms with van der Waals surface area (Å²) in [6, 6.07) is 5.13. The largest absolute Gasteiger partial charge is 0.493 e. The summed E-state index contributed by atoms with van der Waals surface area (Å²) in [4.78, 5) is 12.4. The molecule has 1 N–H and O–H groups in total. The number of hydrogen-bond acceptors (Lipinski definition) is 6. The Kier molecular flexibility index (Phi) is 6.54. The van der Waals surface area contributed by atoms with E-state index in [0.29, 0.717) is 28.8 Å². The van der Waals surface area contributed by atoms with E-state index in [0.717, 1.165) is 17.8 Å². The molecule has 0 spiro atoms. The molecule has 7 heteroatoms. The van der Waals surface area contributed by atoms with Crippen molar-refractivity contribution in [3.8, 4) is 11.5 Å². The van der Waals surface area contributed by atoms with Crippen LogP contribution in [0.5, 0.6) is 11.5 Å². The Morgan fingerprint density at radius 3 is 2.71 bits per heavy atom. The number of amides is 1. The Hall–Kier alpha value is -2.15. The third kappa shape index (κ3) is 4.67. The number of carbonyl (C=O) groups excluding carboxylic acids is 1. The number of methoxy groups -OCH3 is 1. The summed E-state index contributed by atoms with van der Waals surface area (Å²) in [7, 11) is 1.56. The monoisotopic (exact) mass is 349 g/mol. The molecular weight excluding hydrogens is 326 g/mol. The van der Waals surface area contributed by atoms with Crippen LogP contribution in [0, 0.1) is 0 Å². The number of carbonyl (C=O) groups is 1. The molecule has 0 atom stereocenters. The molecule has 1 aromatic heterocycles. The number of hydrogen-bond donors (Lipinski definition) is 1. The van der Waals surface area contributed by atoms with Gasteiger partial charge in [0.25, 0.3) is 5.91 Å². The van der Waals surface area contributed by atoms with E-state index in [1.165, 1.54) is 11.3 Å². The first kappa shape index (κ1) is 18.2. The van der Waals surface area contributed by atoms with E-state index in [9.17, 15) is 4.79 Å². The van der Waals surface area contributed by atoms with Crippen LogP contribution in [0.4, 0.5) is 5.13 Å². The van der Waals surface area contributed by atoms with Crippen molar-refractivity contribution in [1.82, 2.24) is 10.2 Å². The lowest BCUT2D eigenvalue weighted by atomic mass is 10.2. The van der Waals surface area contributed by atoms with Crippen LogP contribution in [0.3, 0.4) is 0 Å². The van der Waals surface area contributed by atoms with Gasteiger partial charge in [0.15, 0.2) is 11.5 Å². The van der Waals surface area contributed by atoms with Gasteiger partial charge in [0, 0.05) is 11.5 Å². The van der Waals surface area contributed by atoms with Crippen LogP contribution in [0.1, 0.15) is 54.9 Å². The zero-order valence-electron chi connectivity index (χ0n) is 14.5. The van der Waals surface area contributed by atoms with Crippen molar-refractivity contribution in [2.75, 3.05) is 19.0 Å². The lowest BCUT2D eigenvalue weighted by molar-refractivity contribution is 0.102. The maximum Gasteiger partial charge on any atom is 0.257 e. The minimum atomic E-state index is -0.250. The number of ether oxygens (including phenoxy) is 2. The fourth-order valence-electron chi connectivity index (χ4n) is 1.94. The lowest BCUT2D eigenvalue weighted by Crippen LogP contribution is -2.12. The van der Waals surface area contributed by atoms with E-state index in [2.05, 4.69) is 22.4 Å². The predicted molar refractivity (Wildman–Crippen MR) is 95.3 cm³/mol. The highest BCUT2D eigenvalue weighted by Crippen LogP contribution is 2.29. The Labute approximate surface area is 146 Å². The molecule has 0 aliphatic carbocycles. The summed E-state index contributed by atoms with van der Waals surface area (Å²) in [5.41, 5.74) is 0.482. The molecule has 24 heavy (non-hydrogen) atoms. The minimum Gasteiger partial charge on any atom is -0.493 e. The van der Waals surface area contributed by atoms with Gasteiger partial charge >= 0.3 is 0 Å². The summed E-state index contributed by atoms with van der Waals surface area (Å²) in [6.45, 7) is 6.80. The molecule has 0 saturated heterocycles. The van der Waals surface area contributed by atoms with Crippen molar-refractivity contribution < 1.29 is 14.3 Å². The Bertz CT molecular complexity index is 685. The Morgan fingerprint density at radius 1 is 1.29 bits per heavy atom. The van der Waals surface area contributed by atoms with Crippen molar-refractivity contribution in [3.05, 3.63) is 28.8 Å². The van der Waals surface area contributed by atoms with Crippen molar-refractivity contribution in [2.24, 2.45) is 0 Å². The maximum absolute atomic E-state index is 12.4. The average Bonchev–Trinajstić information content (AvgIpc) is 3.04. The zero-order valence-corrected chi connectivity index (χ0v) is 15.3. The molecule has 0 aliphatic rings. The zero-order chi connectivity index (χ0) is 17.5. The van der Waals surface area contributed by atoms with Crippen LogP contribution in [0.2, 0.25) is 0 Å². The first-order valence-corrected chi connectivity index (χ1v) is 8.82. The molecule has 1 amide bonds. The topological polar surface area (TPSA) is 73.3 Å². The van der Waals surface area contributed by atoms with E-state index in [1.54, 1.807) is 25.3 Å². The predicted octanol–water partition coefficient (Wildman–Crippen LogP) is 4.10. The normalized spacial score (nSPS) is 10.7. The van der Waals surface area contributed by atoms with E-state index < -0.39 is 0 Å². The van der Waals surface area contributed by atoms with Gasteiger partial charge in [-0.05, 0) is 24.6 Å². The third-order valence-corrected chi connectivity index (χ3v) is 4.48. The van der Waals surface area contributed by atoms with Gasteiger partial charge in [-0.3, -0.25) is 10.1 Å². The van der Waals surface area contributed by atoms with Gasteiger partial charge in [0.2, 0.25) is 5.13 Å². The van der Waals surface area contributed by atoms with Crippen LogP contribution in [0.15, 0.2) is 18.2 Å². The van der Waals surface area contributed by atoms with Crippen LogP contribution in [0.25, 0.3) is 0 Å². The van der Waals surface area contributed by atoms with Gasteiger partial charge in [-0.1, -0.05) is 38.5 Å². The molecule has 0 aliphatic heterocycles. The van der Waals surface area contributed by atoms with Crippen molar-refractivity contribution in [2.45, 2.75) is 39.5 Å². The molecule has 0 bridgehead atoms. The first-order chi connectivity index (χ1) is 11.5. The summed E-state index contributed by atoms with van der Waals surface area (Å²) in [5, 5.41) is 12.2. The van der Waals surface area contributed by atoms with Gasteiger partial charge in [-0.15, -0.1) is 10.2 Å². The summed E-state index contributed by atoms with van der Waals surface area (Å²) in [5.74, 6) is 1.21. The highest BCUT2D eigenvalue weighted by molar-refractivity contribution is 7.15. The van der Waals surface area contributed by atoms with E-state index in [1.807, 2.05) is 13.8 Å². The molecule has 0 fully saturated rings. The van der Waals surface area contributed by atoms with Crippen LogP contribution in [-0.2, 0) is 0 Å². The standard InChI is InChI=1S/C17H23N3O3S/c1-5-6-9-23-13-8-7-12(10-14(13)22-4)15(21)18-17-20-19-16(24-17)11(2)3/h7-8,10-11H,5-6,9H2,1-4H3,(H,18,20,21). The maximum atomic E-state index is 12.4. The summed E-state index contributed by atoms with van der Waals surface area (Å²) in [6.07, 6.45) is 2.03. The van der Waals surface area contributed by atoms with Gasteiger partial charge in [0.05, 0.1) is 13.7 Å². The van der Waals surface area contributed by atoms with Gasteiger partial charge in [-0.2, -0.15) is 0 Å². The number of nitrogens with zero attached hydrogens (tertiary/aromatic N) is 2. The average molecular weight is 349 g/mol. The number of nitrogens with one attached hydrogen (secondary N) is 1. The number of anilines is 1. The number of unbranched alkanes of at least 4 members (excludes halogenated alkanes) is 1.